The molecule has 0 bridgehead atoms. The molecule has 1 aromatic carbocycles. The third-order valence-electron chi connectivity index (χ3n) is 4.97. The summed E-state index contributed by atoms with van der Waals surface area (Å²) in [7, 11) is 1.78. The molecule has 0 spiro atoms. The molecule has 0 atom stereocenters. The SMILES string of the molecule is CC(C)N1CCC(N(C)C(=O)c2cc3ccccc3oc2=O)CC1. The minimum absolute atomic E-state index is 0.113. The van der Waals surface area contributed by atoms with Crippen LogP contribution >= 0.6 is 0 Å². The van der Waals surface area contributed by atoms with Gasteiger partial charge in [-0.25, -0.2) is 4.79 Å². The largest absolute Gasteiger partial charge is 0.422 e. The summed E-state index contributed by atoms with van der Waals surface area (Å²) in [6.07, 6.45) is 1.86. The Hall–Kier alpha value is -2.14. The molecule has 1 aliphatic heterocycles. The second kappa shape index (κ2) is 6.77. The average Bonchev–Trinajstić information content (AvgIpc) is 2.60. The summed E-state index contributed by atoms with van der Waals surface area (Å²) in [6.45, 7) is 6.34. The Morgan fingerprint density at radius 3 is 2.58 bits per heavy atom. The Morgan fingerprint density at radius 2 is 1.92 bits per heavy atom. The molecule has 1 saturated heterocycles. The number of hydrogen-bond donors (Lipinski definition) is 0. The number of rotatable bonds is 3. The number of likely N-dealkylation sites (tertiary alicyclic amines) is 1. The summed E-state index contributed by atoms with van der Waals surface area (Å²) in [5.41, 5.74) is 0.0552. The van der Waals surface area contributed by atoms with Crippen LogP contribution in [-0.2, 0) is 0 Å². The van der Waals surface area contributed by atoms with Gasteiger partial charge < -0.3 is 14.2 Å². The zero-order valence-corrected chi connectivity index (χ0v) is 14.5. The number of fused-ring (bicyclic) bond motifs is 1. The minimum atomic E-state index is -0.565. The molecule has 1 aromatic heterocycles. The van der Waals surface area contributed by atoms with Crippen molar-refractivity contribution < 1.29 is 9.21 Å². The number of benzene rings is 1. The predicted octanol–water partition coefficient (Wildman–Crippen LogP) is 2.74. The van der Waals surface area contributed by atoms with Gasteiger partial charge in [0, 0.05) is 37.6 Å². The Kier molecular flexibility index (Phi) is 4.71. The van der Waals surface area contributed by atoms with E-state index >= 15 is 0 Å². The summed E-state index contributed by atoms with van der Waals surface area (Å²) in [6, 6.07) is 9.58. The molecule has 1 fully saturated rings. The van der Waals surface area contributed by atoms with E-state index in [0.717, 1.165) is 31.3 Å². The molecule has 1 amide bonds. The summed E-state index contributed by atoms with van der Waals surface area (Å²) in [5.74, 6) is -0.252. The van der Waals surface area contributed by atoms with Crippen LogP contribution in [0, 0.1) is 0 Å². The van der Waals surface area contributed by atoms with Crippen LogP contribution in [0.1, 0.15) is 37.0 Å². The topological polar surface area (TPSA) is 53.8 Å². The van der Waals surface area contributed by atoms with Crippen molar-refractivity contribution in [3.05, 3.63) is 46.3 Å². The zero-order chi connectivity index (χ0) is 17.3. The first kappa shape index (κ1) is 16.7. The molecule has 0 unspecified atom stereocenters. The second-order valence-corrected chi connectivity index (χ2v) is 6.76. The number of carbonyl (C=O) groups excluding carboxylic acids is 1. The summed E-state index contributed by atoms with van der Waals surface area (Å²) >= 11 is 0. The van der Waals surface area contributed by atoms with E-state index in [2.05, 4.69) is 18.7 Å². The standard InChI is InChI=1S/C19H24N2O3/c1-13(2)21-10-8-15(9-11-21)20(3)18(22)16-12-14-6-4-5-7-17(14)24-19(16)23/h4-7,12-13,15H,8-11H2,1-3H3. The second-order valence-electron chi connectivity index (χ2n) is 6.76. The molecule has 0 aliphatic carbocycles. The molecule has 2 heterocycles. The average molecular weight is 328 g/mol. The Bertz CT molecular complexity index is 789. The van der Waals surface area contributed by atoms with Crippen molar-refractivity contribution in [3.8, 4) is 0 Å². The highest BCUT2D eigenvalue weighted by Gasteiger charge is 2.28. The van der Waals surface area contributed by atoms with Gasteiger partial charge in [-0.15, -0.1) is 0 Å². The lowest BCUT2D eigenvalue weighted by Gasteiger charge is -2.38. The fraction of sp³-hybridized carbons (Fsp3) is 0.474. The molecule has 3 rings (SSSR count). The molecule has 1 aliphatic rings. The lowest BCUT2D eigenvalue weighted by Crippen LogP contribution is -2.47. The van der Waals surface area contributed by atoms with E-state index in [1.807, 2.05) is 12.1 Å². The summed E-state index contributed by atoms with van der Waals surface area (Å²) in [5, 5.41) is 0.767. The van der Waals surface area contributed by atoms with E-state index in [1.54, 1.807) is 30.1 Å². The quantitative estimate of drug-likeness (QED) is 0.813. The van der Waals surface area contributed by atoms with Gasteiger partial charge in [0.05, 0.1) is 0 Å². The maximum Gasteiger partial charge on any atom is 0.349 e. The van der Waals surface area contributed by atoms with Crippen LogP contribution in [0.5, 0.6) is 0 Å². The number of para-hydroxylation sites is 1. The third kappa shape index (κ3) is 3.22. The number of hydrogen-bond acceptors (Lipinski definition) is 4. The van der Waals surface area contributed by atoms with Crippen molar-refractivity contribution in [1.82, 2.24) is 9.80 Å². The predicted molar refractivity (Wildman–Crippen MR) is 94.3 cm³/mol. The highest BCUT2D eigenvalue weighted by Crippen LogP contribution is 2.20. The van der Waals surface area contributed by atoms with Gasteiger partial charge in [-0.1, -0.05) is 18.2 Å². The van der Waals surface area contributed by atoms with Crippen molar-refractivity contribution >= 4 is 16.9 Å². The number of amides is 1. The van der Waals surface area contributed by atoms with Crippen LogP contribution in [0.2, 0.25) is 0 Å². The molecule has 2 aromatic rings. The van der Waals surface area contributed by atoms with E-state index in [-0.39, 0.29) is 17.5 Å². The van der Waals surface area contributed by atoms with Crippen molar-refractivity contribution in [1.29, 1.82) is 0 Å². The smallest absolute Gasteiger partial charge is 0.349 e. The van der Waals surface area contributed by atoms with Crippen molar-refractivity contribution in [2.24, 2.45) is 0 Å². The fourth-order valence-electron chi connectivity index (χ4n) is 3.36. The van der Waals surface area contributed by atoms with Crippen molar-refractivity contribution in [2.45, 2.75) is 38.8 Å². The monoisotopic (exact) mass is 328 g/mol. The first-order valence-corrected chi connectivity index (χ1v) is 8.51. The lowest BCUT2D eigenvalue weighted by atomic mass is 10.0. The maximum atomic E-state index is 12.8. The maximum absolute atomic E-state index is 12.8. The molecule has 0 saturated carbocycles. The first-order valence-electron chi connectivity index (χ1n) is 8.51. The van der Waals surface area contributed by atoms with Crippen molar-refractivity contribution in [2.75, 3.05) is 20.1 Å². The molecule has 24 heavy (non-hydrogen) atoms. The van der Waals surface area contributed by atoms with Gasteiger partial charge >= 0.3 is 5.63 Å². The molecule has 5 nitrogen and oxygen atoms in total. The van der Waals surface area contributed by atoms with Crippen LogP contribution < -0.4 is 5.63 Å². The number of nitrogens with zero attached hydrogens (tertiary/aromatic N) is 2. The Balaban J connectivity index is 1.79. The van der Waals surface area contributed by atoms with Gasteiger partial charge in [0.2, 0.25) is 0 Å². The molecule has 5 heteroatoms. The van der Waals surface area contributed by atoms with Crippen LogP contribution in [0.3, 0.4) is 0 Å². The van der Waals surface area contributed by atoms with E-state index in [9.17, 15) is 9.59 Å². The van der Waals surface area contributed by atoms with Gasteiger partial charge in [-0.2, -0.15) is 0 Å². The third-order valence-corrected chi connectivity index (χ3v) is 4.97. The van der Waals surface area contributed by atoms with Gasteiger partial charge in [0.15, 0.2) is 0 Å². The highest BCUT2D eigenvalue weighted by atomic mass is 16.4. The van der Waals surface area contributed by atoms with Crippen LogP contribution in [0.4, 0.5) is 0 Å². The Labute approximate surface area is 141 Å². The van der Waals surface area contributed by atoms with E-state index in [4.69, 9.17) is 4.42 Å². The Morgan fingerprint density at radius 1 is 1.25 bits per heavy atom. The molecule has 0 N–H and O–H groups in total. The number of piperidine rings is 1. The zero-order valence-electron chi connectivity index (χ0n) is 14.5. The molecule has 0 radical (unpaired) electrons. The van der Waals surface area contributed by atoms with Crippen LogP contribution in [0.25, 0.3) is 11.0 Å². The molecular formula is C19H24N2O3. The molecule has 128 valence electrons. The normalized spacial score (nSPS) is 16.7. The van der Waals surface area contributed by atoms with Gasteiger partial charge in [0.25, 0.3) is 5.91 Å². The van der Waals surface area contributed by atoms with E-state index < -0.39 is 5.63 Å². The minimum Gasteiger partial charge on any atom is -0.422 e. The summed E-state index contributed by atoms with van der Waals surface area (Å²) in [4.78, 5) is 29.1. The highest BCUT2D eigenvalue weighted by molar-refractivity contribution is 5.96. The lowest BCUT2D eigenvalue weighted by molar-refractivity contribution is 0.0611. The van der Waals surface area contributed by atoms with Gasteiger partial charge in [-0.3, -0.25) is 4.79 Å². The number of carbonyl (C=O) groups is 1. The van der Waals surface area contributed by atoms with Crippen molar-refractivity contribution in [3.63, 3.8) is 0 Å². The fourth-order valence-corrected chi connectivity index (χ4v) is 3.36. The van der Waals surface area contributed by atoms with Gasteiger partial charge in [-0.05, 0) is 38.8 Å². The van der Waals surface area contributed by atoms with E-state index in [1.165, 1.54) is 0 Å². The van der Waals surface area contributed by atoms with Crippen LogP contribution in [-0.4, -0.2) is 47.9 Å². The molecular weight excluding hydrogens is 304 g/mol. The first-order chi connectivity index (χ1) is 11.5. The van der Waals surface area contributed by atoms with E-state index in [0.29, 0.717) is 11.6 Å². The van der Waals surface area contributed by atoms with Gasteiger partial charge in [0.1, 0.15) is 11.1 Å². The van der Waals surface area contributed by atoms with Crippen LogP contribution in [0.15, 0.2) is 39.5 Å². The summed E-state index contributed by atoms with van der Waals surface area (Å²) < 4.78 is 5.29.